The minimum absolute atomic E-state index is 0.351. The van der Waals surface area contributed by atoms with E-state index in [-0.39, 0.29) is 0 Å². The minimum atomic E-state index is -0.690. The standard InChI is InChI=1S/C29H30N6OS/c1-3-23-24(18-30)29(37-26(27(31)36)21-12-8-5-9-13-21)34-28(25(23)32-2)35-16-14-22(15-17-35)33-19-20-10-6-4-7-11-20/h4-13,22,26,33H,3,14-17,19H2,1H3,(H2,31,36). The Morgan fingerprint density at radius 1 is 1.22 bits per heavy atom. The zero-order valence-electron chi connectivity index (χ0n) is 20.9. The number of primary amides is 1. The highest BCUT2D eigenvalue weighted by Gasteiger charge is 2.29. The van der Waals surface area contributed by atoms with Crippen molar-refractivity contribution < 1.29 is 4.79 Å². The van der Waals surface area contributed by atoms with Crippen LogP contribution in [0.5, 0.6) is 0 Å². The summed E-state index contributed by atoms with van der Waals surface area (Å²) in [4.78, 5) is 23.2. The fourth-order valence-electron chi connectivity index (χ4n) is 4.65. The monoisotopic (exact) mass is 510 g/mol. The molecule has 37 heavy (non-hydrogen) atoms. The molecule has 1 saturated heterocycles. The van der Waals surface area contributed by atoms with E-state index < -0.39 is 11.2 Å². The molecule has 1 unspecified atom stereocenters. The van der Waals surface area contributed by atoms with E-state index in [0.29, 0.717) is 40.1 Å². The lowest BCUT2D eigenvalue weighted by Crippen LogP contribution is -2.42. The largest absolute Gasteiger partial charge is 0.368 e. The van der Waals surface area contributed by atoms with Crippen LogP contribution in [0.4, 0.5) is 11.5 Å². The van der Waals surface area contributed by atoms with E-state index in [1.807, 2.05) is 55.5 Å². The van der Waals surface area contributed by atoms with Gasteiger partial charge in [0.15, 0.2) is 0 Å². The Bertz CT molecular complexity index is 1310. The number of pyridine rings is 1. The molecule has 3 aromatic rings. The third kappa shape index (κ3) is 6.11. The predicted molar refractivity (Wildman–Crippen MR) is 147 cm³/mol. The van der Waals surface area contributed by atoms with Gasteiger partial charge in [0.2, 0.25) is 11.6 Å². The molecule has 0 aliphatic carbocycles. The van der Waals surface area contributed by atoms with Gasteiger partial charge in [-0.1, -0.05) is 79.3 Å². The number of aromatic nitrogens is 1. The van der Waals surface area contributed by atoms with Crippen molar-refractivity contribution in [2.75, 3.05) is 18.0 Å². The van der Waals surface area contributed by atoms with Crippen LogP contribution in [-0.2, 0) is 17.8 Å². The zero-order chi connectivity index (χ0) is 26.2. The first-order valence-electron chi connectivity index (χ1n) is 12.4. The molecule has 1 aliphatic heterocycles. The van der Waals surface area contributed by atoms with Gasteiger partial charge in [0.05, 0.1) is 12.1 Å². The highest BCUT2D eigenvalue weighted by atomic mass is 32.2. The molecule has 1 aliphatic rings. The van der Waals surface area contributed by atoms with Gasteiger partial charge in [0, 0.05) is 25.7 Å². The topological polar surface area (TPSA) is 99.4 Å². The highest BCUT2D eigenvalue weighted by Crippen LogP contribution is 2.43. The molecule has 2 heterocycles. The first-order valence-corrected chi connectivity index (χ1v) is 13.3. The number of rotatable bonds is 9. The summed E-state index contributed by atoms with van der Waals surface area (Å²) < 4.78 is 0. The average Bonchev–Trinajstić information content (AvgIpc) is 2.95. The van der Waals surface area contributed by atoms with Crippen molar-refractivity contribution in [2.45, 2.75) is 49.0 Å². The summed E-state index contributed by atoms with van der Waals surface area (Å²) in [6.45, 7) is 12.1. The van der Waals surface area contributed by atoms with E-state index in [9.17, 15) is 10.1 Å². The second-order valence-electron chi connectivity index (χ2n) is 8.96. The molecule has 8 heteroatoms. The Balaban J connectivity index is 1.59. The van der Waals surface area contributed by atoms with Gasteiger partial charge in [-0.15, -0.1) is 0 Å². The minimum Gasteiger partial charge on any atom is -0.368 e. The first kappa shape index (κ1) is 26.2. The Labute approximate surface area is 222 Å². The summed E-state index contributed by atoms with van der Waals surface area (Å²) in [5, 5.41) is 13.4. The van der Waals surface area contributed by atoms with Gasteiger partial charge in [-0.25, -0.2) is 9.83 Å². The van der Waals surface area contributed by atoms with Crippen LogP contribution in [0.25, 0.3) is 4.85 Å². The Hall–Kier alpha value is -3.85. The summed E-state index contributed by atoms with van der Waals surface area (Å²) in [5.41, 5.74) is 9.22. The van der Waals surface area contributed by atoms with Crippen molar-refractivity contribution in [1.29, 1.82) is 5.26 Å². The number of hydrogen-bond donors (Lipinski definition) is 2. The number of piperidine rings is 1. The maximum absolute atomic E-state index is 12.4. The summed E-state index contributed by atoms with van der Waals surface area (Å²) in [5.74, 6) is 0.0900. The number of nitrogens with zero attached hydrogens (tertiary/aromatic N) is 4. The van der Waals surface area contributed by atoms with Crippen LogP contribution in [0.2, 0.25) is 0 Å². The lowest BCUT2D eigenvalue weighted by molar-refractivity contribution is -0.117. The van der Waals surface area contributed by atoms with Crippen LogP contribution < -0.4 is 16.0 Å². The number of nitriles is 1. The van der Waals surface area contributed by atoms with E-state index >= 15 is 0 Å². The maximum Gasteiger partial charge on any atom is 0.235 e. The third-order valence-corrected chi connectivity index (χ3v) is 7.88. The van der Waals surface area contributed by atoms with Gasteiger partial charge in [0.1, 0.15) is 22.2 Å². The Morgan fingerprint density at radius 3 is 2.43 bits per heavy atom. The van der Waals surface area contributed by atoms with E-state index in [1.165, 1.54) is 17.3 Å². The summed E-state index contributed by atoms with van der Waals surface area (Å²) in [7, 11) is 0. The molecule has 1 atom stereocenters. The van der Waals surface area contributed by atoms with Gasteiger partial charge >= 0.3 is 0 Å². The van der Waals surface area contributed by atoms with Crippen molar-refractivity contribution in [1.82, 2.24) is 10.3 Å². The quantitative estimate of drug-likeness (QED) is 0.305. The number of nitrogens with two attached hydrogens (primary N) is 1. The van der Waals surface area contributed by atoms with Crippen LogP contribution in [0.1, 0.15) is 47.3 Å². The summed E-state index contributed by atoms with van der Waals surface area (Å²) in [6.07, 6.45) is 2.36. The van der Waals surface area contributed by atoms with Crippen LogP contribution in [0.3, 0.4) is 0 Å². The zero-order valence-corrected chi connectivity index (χ0v) is 21.7. The molecule has 7 nitrogen and oxygen atoms in total. The first-order chi connectivity index (χ1) is 18.0. The van der Waals surface area contributed by atoms with Crippen molar-refractivity contribution in [3.8, 4) is 6.07 Å². The van der Waals surface area contributed by atoms with Gasteiger partial charge in [-0.3, -0.25) is 4.79 Å². The highest BCUT2D eigenvalue weighted by molar-refractivity contribution is 8.00. The molecular weight excluding hydrogens is 480 g/mol. The van der Waals surface area contributed by atoms with Crippen LogP contribution in [0.15, 0.2) is 65.7 Å². The Kier molecular flexibility index (Phi) is 8.79. The van der Waals surface area contributed by atoms with Crippen LogP contribution in [-0.4, -0.2) is 30.0 Å². The number of nitrogens with one attached hydrogen (secondary N) is 1. The lowest BCUT2D eigenvalue weighted by Gasteiger charge is -2.34. The van der Waals surface area contributed by atoms with Crippen molar-refractivity contribution >= 4 is 29.2 Å². The molecule has 1 fully saturated rings. The molecule has 4 rings (SSSR count). The molecule has 0 bridgehead atoms. The number of hydrogen-bond acceptors (Lipinski definition) is 6. The molecule has 0 radical (unpaired) electrons. The number of carbonyl (C=O) groups excluding carboxylic acids is 1. The Morgan fingerprint density at radius 2 is 1.86 bits per heavy atom. The molecular formula is C29H30N6OS. The SMILES string of the molecule is [C-]#[N+]c1c(N2CCC(NCc3ccccc3)CC2)nc(SC(C(N)=O)c2ccccc2)c(C#N)c1CC. The number of amides is 1. The number of carbonyl (C=O) groups is 1. The number of anilines is 1. The fourth-order valence-corrected chi connectivity index (χ4v) is 5.71. The van der Waals surface area contributed by atoms with Crippen molar-refractivity contribution in [3.63, 3.8) is 0 Å². The molecule has 1 aromatic heterocycles. The normalized spacial score (nSPS) is 14.5. The second kappa shape index (κ2) is 12.4. The lowest BCUT2D eigenvalue weighted by atomic mass is 10.0. The van der Waals surface area contributed by atoms with E-state index in [2.05, 4.69) is 33.3 Å². The predicted octanol–water partition coefficient (Wildman–Crippen LogP) is 5.14. The smallest absolute Gasteiger partial charge is 0.235 e. The molecule has 3 N–H and O–H groups in total. The van der Waals surface area contributed by atoms with Crippen molar-refractivity contribution in [2.24, 2.45) is 5.73 Å². The van der Waals surface area contributed by atoms with E-state index in [0.717, 1.165) is 38.0 Å². The number of benzene rings is 2. The molecule has 2 aromatic carbocycles. The van der Waals surface area contributed by atoms with E-state index in [4.69, 9.17) is 17.3 Å². The number of thioether (sulfide) groups is 1. The molecule has 0 saturated carbocycles. The average molecular weight is 511 g/mol. The van der Waals surface area contributed by atoms with E-state index in [1.54, 1.807) is 0 Å². The molecule has 188 valence electrons. The van der Waals surface area contributed by atoms with Crippen molar-refractivity contribution in [3.05, 3.63) is 94.3 Å². The maximum atomic E-state index is 12.4. The summed E-state index contributed by atoms with van der Waals surface area (Å²) in [6, 6.07) is 22.2. The molecule has 0 spiro atoms. The van der Waals surface area contributed by atoms with Gasteiger partial charge in [0.25, 0.3) is 0 Å². The molecule has 1 amide bonds. The third-order valence-electron chi connectivity index (χ3n) is 6.62. The summed E-state index contributed by atoms with van der Waals surface area (Å²) >= 11 is 1.18. The van der Waals surface area contributed by atoms with Gasteiger partial charge in [-0.2, -0.15) is 5.26 Å². The van der Waals surface area contributed by atoms with Crippen LogP contribution >= 0.6 is 11.8 Å². The second-order valence-corrected chi connectivity index (χ2v) is 10.1. The van der Waals surface area contributed by atoms with Gasteiger partial charge < -0.3 is 16.0 Å². The fraction of sp³-hybridized carbons (Fsp3) is 0.310. The van der Waals surface area contributed by atoms with Crippen LogP contribution in [0, 0.1) is 17.9 Å². The van der Waals surface area contributed by atoms with Gasteiger partial charge in [-0.05, 0) is 36.0 Å².